The molecule has 0 aromatic heterocycles. The lowest BCUT2D eigenvalue weighted by Crippen LogP contribution is -2.25. The summed E-state index contributed by atoms with van der Waals surface area (Å²) in [7, 11) is 0. The van der Waals surface area contributed by atoms with Gasteiger partial charge in [-0.05, 0) is 25.9 Å². The maximum Gasteiger partial charge on any atom is 0.0163 e. The van der Waals surface area contributed by atoms with E-state index in [-0.39, 0.29) is 0 Å². The van der Waals surface area contributed by atoms with Crippen LogP contribution in [0.3, 0.4) is 0 Å². The highest BCUT2D eigenvalue weighted by molar-refractivity contribution is 7.80. The van der Waals surface area contributed by atoms with Crippen molar-refractivity contribution in [2.45, 2.75) is 38.5 Å². The van der Waals surface area contributed by atoms with E-state index in [9.17, 15) is 0 Å². The van der Waals surface area contributed by atoms with Gasteiger partial charge in [-0.25, -0.2) is 0 Å². The SMILES string of the molecule is SC/C=C/CN1CCCCCCCC1. The molecule has 0 N–H and O–H groups in total. The van der Waals surface area contributed by atoms with Crippen molar-refractivity contribution in [2.75, 3.05) is 25.4 Å². The van der Waals surface area contributed by atoms with Gasteiger partial charge in [-0.1, -0.05) is 37.8 Å². The molecule has 0 radical (unpaired) electrons. The van der Waals surface area contributed by atoms with Crippen LogP contribution in [0.2, 0.25) is 0 Å². The third kappa shape index (κ3) is 5.71. The molecule has 0 aliphatic carbocycles. The first kappa shape index (κ1) is 12.1. The molecule has 0 spiro atoms. The second kappa shape index (κ2) is 8.37. The zero-order valence-corrected chi connectivity index (χ0v) is 10.0. The maximum absolute atomic E-state index is 4.17. The van der Waals surface area contributed by atoms with Crippen molar-refractivity contribution < 1.29 is 0 Å². The number of hydrogen-bond acceptors (Lipinski definition) is 2. The molecule has 14 heavy (non-hydrogen) atoms. The predicted octanol–water partition coefficient (Wildman–Crippen LogP) is 3.13. The Kier molecular flexibility index (Phi) is 7.24. The lowest BCUT2D eigenvalue weighted by molar-refractivity contribution is 0.296. The molecule has 0 aromatic rings. The van der Waals surface area contributed by atoms with E-state index in [0.29, 0.717) is 0 Å². The maximum atomic E-state index is 4.17. The standard InChI is InChI=1S/C12H23NS/c14-12-8-7-11-13-9-5-3-1-2-4-6-10-13/h7-8,14H,1-6,9-12H2/b8-7+. The molecule has 1 aliphatic rings. The zero-order valence-electron chi connectivity index (χ0n) is 9.12. The molecule has 0 amide bonds. The predicted molar refractivity (Wildman–Crippen MR) is 67.1 cm³/mol. The van der Waals surface area contributed by atoms with Gasteiger partial charge in [-0.3, -0.25) is 4.90 Å². The summed E-state index contributed by atoms with van der Waals surface area (Å²) >= 11 is 4.17. The molecule has 1 heterocycles. The third-order valence-corrected chi connectivity index (χ3v) is 3.05. The first-order valence-electron chi connectivity index (χ1n) is 5.91. The van der Waals surface area contributed by atoms with Crippen molar-refractivity contribution in [1.82, 2.24) is 4.90 Å². The Bertz CT molecular complexity index is 146. The lowest BCUT2D eigenvalue weighted by Gasteiger charge is -2.19. The average molecular weight is 213 g/mol. The van der Waals surface area contributed by atoms with Gasteiger partial charge in [0.2, 0.25) is 0 Å². The summed E-state index contributed by atoms with van der Waals surface area (Å²) < 4.78 is 0. The number of rotatable bonds is 3. The highest BCUT2D eigenvalue weighted by Crippen LogP contribution is 2.10. The largest absolute Gasteiger partial charge is 0.300 e. The van der Waals surface area contributed by atoms with E-state index >= 15 is 0 Å². The van der Waals surface area contributed by atoms with E-state index < -0.39 is 0 Å². The number of thiol groups is 1. The molecule has 1 nitrogen and oxygen atoms in total. The monoisotopic (exact) mass is 213 g/mol. The smallest absolute Gasteiger partial charge is 0.0163 e. The summed E-state index contributed by atoms with van der Waals surface area (Å²) in [6.07, 6.45) is 12.9. The van der Waals surface area contributed by atoms with Gasteiger partial charge in [0.1, 0.15) is 0 Å². The molecule has 0 saturated carbocycles. The molecular formula is C12H23NS. The van der Waals surface area contributed by atoms with E-state index in [4.69, 9.17) is 0 Å². The van der Waals surface area contributed by atoms with Crippen molar-refractivity contribution in [1.29, 1.82) is 0 Å². The van der Waals surface area contributed by atoms with Crippen molar-refractivity contribution in [2.24, 2.45) is 0 Å². The minimum absolute atomic E-state index is 0.869. The molecule has 82 valence electrons. The van der Waals surface area contributed by atoms with Crippen molar-refractivity contribution in [3.05, 3.63) is 12.2 Å². The molecular weight excluding hydrogens is 190 g/mol. The molecule has 1 fully saturated rings. The van der Waals surface area contributed by atoms with Crippen LogP contribution < -0.4 is 0 Å². The summed E-state index contributed by atoms with van der Waals surface area (Å²) in [6, 6.07) is 0. The number of nitrogens with zero attached hydrogens (tertiary/aromatic N) is 1. The van der Waals surface area contributed by atoms with Crippen LogP contribution >= 0.6 is 12.6 Å². The van der Waals surface area contributed by atoms with Gasteiger partial charge < -0.3 is 0 Å². The van der Waals surface area contributed by atoms with Gasteiger partial charge in [0.05, 0.1) is 0 Å². The van der Waals surface area contributed by atoms with Gasteiger partial charge in [0.25, 0.3) is 0 Å². The van der Waals surface area contributed by atoms with E-state index in [2.05, 4.69) is 29.7 Å². The summed E-state index contributed by atoms with van der Waals surface area (Å²) in [4.78, 5) is 2.57. The highest BCUT2D eigenvalue weighted by Gasteiger charge is 2.04. The van der Waals surface area contributed by atoms with Gasteiger partial charge in [0.15, 0.2) is 0 Å². The summed E-state index contributed by atoms with van der Waals surface area (Å²) in [5.74, 6) is 0.869. The van der Waals surface area contributed by atoms with Crippen LogP contribution in [0.5, 0.6) is 0 Å². The Morgan fingerprint density at radius 2 is 1.43 bits per heavy atom. The minimum atomic E-state index is 0.869. The average Bonchev–Trinajstić information content (AvgIpc) is 2.32. The fourth-order valence-electron chi connectivity index (χ4n) is 1.97. The lowest BCUT2D eigenvalue weighted by atomic mass is 10.1. The van der Waals surface area contributed by atoms with E-state index in [1.807, 2.05) is 0 Å². The molecule has 1 saturated heterocycles. The van der Waals surface area contributed by atoms with Crippen LogP contribution in [-0.2, 0) is 0 Å². The third-order valence-electron chi connectivity index (χ3n) is 2.83. The second-order valence-electron chi connectivity index (χ2n) is 4.08. The number of hydrogen-bond donors (Lipinski definition) is 1. The molecule has 0 unspecified atom stereocenters. The molecule has 0 atom stereocenters. The second-order valence-corrected chi connectivity index (χ2v) is 4.44. The van der Waals surface area contributed by atoms with Gasteiger partial charge in [0, 0.05) is 12.3 Å². The van der Waals surface area contributed by atoms with Crippen LogP contribution in [0.4, 0.5) is 0 Å². The van der Waals surface area contributed by atoms with E-state index in [1.165, 1.54) is 51.6 Å². The Morgan fingerprint density at radius 1 is 0.857 bits per heavy atom. The Labute approximate surface area is 94.0 Å². The van der Waals surface area contributed by atoms with Crippen molar-refractivity contribution >= 4 is 12.6 Å². The topological polar surface area (TPSA) is 3.24 Å². The quantitative estimate of drug-likeness (QED) is 0.557. The summed E-state index contributed by atoms with van der Waals surface area (Å²) in [5.41, 5.74) is 0. The first-order chi connectivity index (χ1) is 6.93. The molecule has 2 heteroatoms. The van der Waals surface area contributed by atoms with Crippen molar-refractivity contribution in [3.8, 4) is 0 Å². The molecule has 1 aliphatic heterocycles. The molecule has 0 aromatic carbocycles. The van der Waals surface area contributed by atoms with E-state index in [0.717, 1.165) is 12.3 Å². The van der Waals surface area contributed by atoms with Crippen molar-refractivity contribution in [3.63, 3.8) is 0 Å². The molecule has 1 rings (SSSR count). The van der Waals surface area contributed by atoms with Gasteiger partial charge in [-0.2, -0.15) is 12.6 Å². The molecule has 0 bridgehead atoms. The summed E-state index contributed by atoms with van der Waals surface area (Å²) in [6.45, 7) is 3.70. The Morgan fingerprint density at radius 3 is 2.00 bits per heavy atom. The first-order valence-corrected chi connectivity index (χ1v) is 6.55. The Hall–Kier alpha value is 0.0500. The highest BCUT2D eigenvalue weighted by atomic mass is 32.1. The van der Waals surface area contributed by atoms with Gasteiger partial charge in [-0.15, -0.1) is 0 Å². The van der Waals surface area contributed by atoms with Crippen LogP contribution in [-0.4, -0.2) is 30.3 Å². The Balaban J connectivity index is 2.21. The normalized spacial score (nSPS) is 21.8. The van der Waals surface area contributed by atoms with Crippen LogP contribution in [0.15, 0.2) is 12.2 Å². The van der Waals surface area contributed by atoms with Gasteiger partial charge >= 0.3 is 0 Å². The van der Waals surface area contributed by atoms with Crippen LogP contribution in [0.25, 0.3) is 0 Å². The van der Waals surface area contributed by atoms with Crippen LogP contribution in [0, 0.1) is 0 Å². The van der Waals surface area contributed by atoms with Crippen LogP contribution in [0.1, 0.15) is 38.5 Å². The van der Waals surface area contributed by atoms with E-state index in [1.54, 1.807) is 0 Å². The fourth-order valence-corrected chi connectivity index (χ4v) is 2.12. The zero-order chi connectivity index (χ0) is 10.1. The minimum Gasteiger partial charge on any atom is -0.300 e. The summed E-state index contributed by atoms with van der Waals surface area (Å²) in [5, 5.41) is 0. The fraction of sp³-hybridized carbons (Fsp3) is 0.833.